The predicted octanol–water partition coefficient (Wildman–Crippen LogP) is 6.02. The van der Waals surface area contributed by atoms with Crippen molar-refractivity contribution >= 4 is 21.4 Å². The Hall–Kier alpha value is -3.25. The largest absolute Gasteiger partial charge is 0.494 e. The van der Waals surface area contributed by atoms with E-state index in [1.54, 1.807) is 18.2 Å². The summed E-state index contributed by atoms with van der Waals surface area (Å²) < 4.78 is 34.4. The molecule has 0 bridgehead atoms. The van der Waals surface area contributed by atoms with Gasteiger partial charge in [0.1, 0.15) is 5.75 Å². The molecule has 0 radical (unpaired) electrons. The smallest absolute Gasteiger partial charge is 0.261 e. The minimum absolute atomic E-state index is 0.154. The Morgan fingerprint density at radius 2 is 1.79 bits per heavy atom. The van der Waals surface area contributed by atoms with E-state index in [2.05, 4.69) is 34.3 Å². The first-order valence-electron chi connectivity index (χ1n) is 11.3. The number of benzene rings is 3. The molecular weight excluding hydrogens is 432 g/mol. The molecule has 2 aliphatic rings. The zero-order chi connectivity index (χ0) is 23.0. The molecule has 0 aromatic heterocycles. The van der Waals surface area contributed by atoms with Gasteiger partial charge in [-0.2, -0.15) is 0 Å². The van der Waals surface area contributed by atoms with Gasteiger partial charge in [-0.3, -0.25) is 4.72 Å². The molecule has 0 amide bonds. The van der Waals surface area contributed by atoms with E-state index in [4.69, 9.17) is 4.74 Å². The summed E-state index contributed by atoms with van der Waals surface area (Å²) in [6.07, 6.45) is 5.38. The van der Waals surface area contributed by atoms with Gasteiger partial charge in [0.2, 0.25) is 0 Å². The highest BCUT2D eigenvalue weighted by Crippen LogP contribution is 2.50. The van der Waals surface area contributed by atoms with E-state index >= 15 is 0 Å². The molecule has 5 nitrogen and oxygen atoms in total. The molecular formula is C27H28N2O3S. The van der Waals surface area contributed by atoms with Crippen LogP contribution in [0.15, 0.2) is 83.8 Å². The van der Waals surface area contributed by atoms with Crippen LogP contribution in [0.4, 0.5) is 11.4 Å². The van der Waals surface area contributed by atoms with Gasteiger partial charge in [0.15, 0.2) is 0 Å². The fourth-order valence-electron chi connectivity index (χ4n) is 4.84. The number of aryl methyl sites for hydroxylation is 1. The van der Waals surface area contributed by atoms with Crippen LogP contribution in [0.5, 0.6) is 5.75 Å². The maximum atomic E-state index is 13.1. The minimum atomic E-state index is -3.68. The molecule has 0 saturated heterocycles. The number of anilines is 2. The summed E-state index contributed by atoms with van der Waals surface area (Å²) in [5, 5.41) is 3.67. The zero-order valence-electron chi connectivity index (χ0n) is 18.8. The van der Waals surface area contributed by atoms with Crippen molar-refractivity contribution in [3.8, 4) is 5.75 Å². The molecule has 0 fully saturated rings. The maximum absolute atomic E-state index is 13.1. The number of sulfonamides is 1. The summed E-state index contributed by atoms with van der Waals surface area (Å²) >= 11 is 0. The van der Waals surface area contributed by atoms with Crippen LogP contribution < -0.4 is 14.8 Å². The molecule has 1 aliphatic carbocycles. The van der Waals surface area contributed by atoms with Crippen molar-refractivity contribution in [1.82, 2.24) is 0 Å². The zero-order valence-corrected chi connectivity index (χ0v) is 19.6. The number of hydrogen-bond donors (Lipinski definition) is 2. The van der Waals surface area contributed by atoms with Gasteiger partial charge in [-0.25, -0.2) is 8.42 Å². The number of nitrogens with one attached hydrogen (secondary N) is 2. The first-order chi connectivity index (χ1) is 15.9. The van der Waals surface area contributed by atoms with Crippen LogP contribution in [-0.2, 0) is 10.0 Å². The third kappa shape index (κ3) is 4.23. The van der Waals surface area contributed by atoms with Gasteiger partial charge in [0.05, 0.1) is 17.5 Å². The predicted molar refractivity (Wildman–Crippen MR) is 132 cm³/mol. The van der Waals surface area contributed by atoms with Crippen LogP contribution in [0.2, 0.25) is 0 Å². The van der Waals surface area contributed by atoms with Crippen molar-refractivity contribution in [3.63, 3.8) is 0 Å². The Bertz CT molecular complexity index is 1280. The second-order valence-corrected chi connectivity index (χ2v) is 10.4. The summed E-state index contributed by atoms with van der Waals surface area (Å²) in [6.45, 7) is 4.60. The van der Waals surface area contributed by atoms with Crippen molar-refractivity contribution in [2.75, 3.05) is 16.6 Å². The molecule has 3 atom stereocenters. The van der Waals surface area contributed by atoms with Crippen LogP contribution in [0.25, 0.3) is 0 Å². The lowest BCUT2D eigenvalue weighted by molar-refractivity contribution is 0.340. The molecule has 170 valence electrons. The highest BCUT2D eigenvalue weighted by Gasteiger charge is 2.38. The van der Waals surface area contributed by atoms with Gasteiger partial charge in [-0.15, -0.1) is 0 Å². The summed E-state index contributed by atoms with van der Waals surface area (Å²) in [5.41, 5.74) is 4.86. The van der Waals surface area contributed by atoms with Gasteiger partial charge in [0.25, 0.3) is 10.0 Å². The summed E-state index contributed by atoms with van der Waals surface area (Å²) in [4.78, 5) is 0.280. The molecule has 0 saturated carbocycles. The fraction of sp³-hybridized carbons (Fsp3) is 0.259. The van der Waals surface area contributed by atoms with E-state index in [0.717, 1.165) is 29.0 Å². The van der Waals surface area contributed by atoms with E-state index in [0.29, 0.717) is 18.2 Å². The lowest BCUT2D eigenvalue weighted by Gasteiger charge is -2.37. The average Bonchev–Trinajstić information content (AvgIpc) is 3.31. The van der Waals surface area contributed by atoms with Crippen LogP contribution in [0, 0.1) is 12.8 Å². The Labute approximate surface area is 195 Å². The number of hydrogen-bond acceptors (Lipinski definition) is 4. The maximum Gasteiger partial charge on any atom is 0.261 e. The van der Waals surface area contributed by atoms with Crippen molar-refractivity contribution in [3.05, 3.63) is 95.6 Å². The lowest BCUT2D eigenvalue weighted by Crippen LogP contribution is -2.29. The minimum Gasteiger partial charge on any atom is -0.494 e. The highest BCUT2D eigenvalue weighted by atomic mass is 32.2. The molecule has 33 heavy (non-hydrogen) atoms. The molecule has 0 spiro atoms. The Balaban J connectivity index is 1.44. The highest BCUT2D eigenvalue weighted by molar-refractivity contribution is 7.92. The van der Waals surface area contributed by atoms with Crippen molar-refractivity contribution in [1.29, 1.82) is 0 Å². The first kappa shape index (κ1) is 21.6. The van der Waals surface area contributed by atoms with Gasteiger partial charge in [-0.1, -0.05) is 42.0 Å². The molecule has 1 aliphatic heterocycles. The fourth-order valence-corrected chi connectivity index (χ4v) is 5.94. The van der Waals surface area contributed by atoms with E-state index in [1.807, 2.05) is 50.2 Å². The number of fused-ring (bicyclic) bond motifs is 3. The summed E-state index contributed by atoms with van der Waals surface area (Å²) in [7, 11) is -3.68. The van der Waals surface area contributed by atoms with E-state index < -0.39 is 10.0 Å². The second kappa shape index (κ2) is 8.60. The lowest BCUT2D eigenvalue weighted by atomic mass is 9.77. The first-order valence-corrected chi connectivity index (χ1v) is 12.8. The van der Waals surface area contributed by atoms with Crippen LogP contribution in [0.3, 0.4) is 0 Å². The Kier molecular flexibility index (Phi) is 5.62. The molecule has 6 heteroatoms. The SMILES string of the molecule is CCOc1ccc([C@H]2Nc3ccc(S(=O)(=O)Nc4ccc(C)cc4)cc3[C@H]3C=CC[C@H]32)cc1. The summed E-state index contributed by atoms with van der Waals surface area (Å²) in [6, 6.07) is 21.2. The second-order valence-electron chi connectivity index (χ2n) is 8.70. The third-order valence-electron chi connectivity index (χ3n) is 6.50. The Morgan fingerprint density at radius 1 is 1.03 bits per heavy atom. The Morgan fingerprint density at radius 3 is 2.52 bits per heavy atom. The molecule has 3 aromatic rings. The standard InChI is InChI=1S/C27H28N2O3S/c1-3-32-21-13-9-19(10-14-21)27-24-6-4-5-23(24)25-17-22(15-16-26(25)28-27)33(30,31)29-20-11-7-18(2)8-12-20/h4-5,7-17,23-24,27-29H,3,6H2,1-2H3/t23-,24+,27+/m0/s1. The average molecular weight is 461 g/mol. The van der Waals surface area contributed by atoms with Crippen molar-refractivity contribution in [2.45, 2.75) is 37.1 Å². The normalized spacial score (nSPS) is 21.1. The van der Waals surface area contributed by atoms with Gasteiger partial charge in [0, 0.05) is 17.3 Å². The summed E-state index contributed by atoms with van der Waals surface area (Å²) in [5.74, 6) is 1.38. The van der Waals surface area contributed by atoms with Crippen LogP contribution in [0.1, 0.15) is 42.0 Å². The molecule has 1 heterocycles. The monoisotopic (exact) mass is 460 g/mol. The number of allylic oxidation sites excluding steroid dienone is 2. The third-order valence-corrected chi connectivity index (χ3v) is 7.88. The van der Waals surface area contributed by atoms with Gasteiger partial charge >= 0.3 is 0 Å². The van der Waals surface area contributed by atoms with E-state index in [9.17, 15) is 8.42 Å². The molecule has 2 N–H and O–H groups in total. The van der Waals surface area contributed by atoms with Crippen LogP contribution in [-0.4, -0.2) is 15.0 Å². The molecule has 5 rings (SSSR count). The quantitative estimate of drug-likeness (QED) is 0.441. The van der Waals surface area contributed by atoms with Crippen molar-refractivity contribution in [2.24, 2.45) is 5.92 Å². The number of rotatable bonds is 6. The van der Waals surface area contributed by atoms with Crippen LogP contribution >= 0.6 is 0 Å². The topological polar surface area (TPSA) is 67.4 Å². The van der Waals surface area contributed by atoms with Gasteiger partial charge in [-0.05, 0) is 79.8 Å². The molecule has 3 aromatic carbocycles. The number of ether oxygens (including phenoxy) is 1. The van der Waals surface area contributed by atoms with Gasteiger partial charge < -0.3 is 10.1 Å². The van der Waals surface area contributed by atoms with E-state index in [1.165, 1.54) is 5.56 Å². The van der Waals surface area contributed by atoms with Crippen molar-refractivity contribution < 1.29 is 13.2 Å². The van der Waals surface area contributed by atoms with E-state index in [-0.39, 0.29) is 16.9 Å². The molecule has 0 unspecified atom stereocenters.